The van der Waals surface area contributed by atoms with Gasteiger partial charge in [0, 0.05) is 12.1 Å². The zero-order valence-electron chi connectivity index (χ0n) is 11.5. The van der Waals surface area contributed by atoms with Crippen LogP contribution in [0.3, 0.4) is 0 Å². The Morgan fingerprint density at radius 2 is 1.76 bits per heavy atom. The first-order valence-electron chi connectivity index (χ1n) is 6.41. The number of anilines is 1. The molecule has 2 aromatic carbocycles. The van der Waals surface area contributed by atoms with Gasteiger partial charge in [-0.15, -0.1) is 0 Å². The van der Waals surface area contributed by atoms with Crippen LogP contribution in [0.4, 0.5) is 5.69 Å². The topological polar surface area (TPSA) is 46.2 Å². The third-order valence-electron chi connectivity index (χ3n) is 2.98. The summed E-state index contributed by atoms with van der Waals surface area (Å²) in [6.07, 6.45) is 2.97. The highest BCUT2D eigenvalue weighted by Crippen LogP contribution is 2.16. The number of benzene rings is 1. The SMILES string of the molecule is CNc1ccccc(C(=O)C=Cc2ccccc2Cl)c1=O. The predicted molar refractivity (Wildman–Crippen MR) is 87.1 cm³/mol. The number of allylic oxidation sites excluding steroid dienone is 1. The van der Waals surface area contributed by atoms with Crippen LogP contribution in [0.25, 0.3) is 6.08 Å². The van der Waals surface area contributed by atoms with E-state index in [0.717, 1.165) is 5.56 Å². The molecule has 3 nitrogen and oxygen atoms in total. The van der Waals surface area contributed by atoms with Crippen molar-refractivity contribution in [3.8, 4) is 0 Å². The average Bonchev–Trinajstić information content (AvgIpc) is 2.67. The molecule has 0 atom stereocenters. The summed E-state index contributed by atoms with van der Waals surface area (Å²) < 4.78 is 0. The fourth-order valence-corrected chi connectivity index (χ4v) is 2.06. The molecule has 2 rings (SSSR count). The van der Waals surface area contributed by atoms with E-state index in [2.05, 4.69) is 5.32 Å². The van der Waals surface area contributed by atoms with Gasteiger partial charge in [0.25, 0.3) is 0 Å². The predicted octanol–water partition coefficient (Wildman–Crippen LogP) is 3.64. The van der Waals surface area contributed by atoms with Gasteiger partial charge in [-0.2, -0.15) is 0 Å². The van der Waals surface area contributed by atoms with E-state index in [0.29, 0.717) is 10.7 Å². The number of rotatable bonds is 4. The summed E-state index contributed by atoms with van der Waals surface area (Å²) in [7, 11) is 1.64. The molecule has 0 fully saturated rings. The monoisotopic (exact) mass is 299 g/mol. The summed E-state index contributed by atoms with van der Waals surface area (Å²) in [5, 5.41) is 3.34. The van der Waals surface area contributed by atoms with E-state index >= 15 is 0 Å². The van der Waals surface area contributed by atoms with Gasteiger partial charge in [-0.1, -0.05) is 41.9 Å². The van der Waals surface area contributed by atoms with Crippen molar-refractivity contribution in [1.82, 2.24) is 0 Å². The lowest BCUT2D eigenvalue weighted by Gasteiger charge is -1.97. The second-order valence-corrected chi connectivity index (χ2v) is 4.75. The molecule has 0 unspecified atom stereocenters. The van der Waals surface area contributed by atoms with Crippen LogP contribution >= 0.6 is 11.6 Å². The van der Waals surface area contributed by atoms with E-state index in [1.165, 1.54) is 12.1 Å². The van der Waals surface area contributed by atoms with E-state index in [1.807, 2.05) is 12.1 Å². The van der Waals surface area contributed by atoms with Crippen LogP contribution in [0.5, 0.6) is 0 Å². The van der Waals surface area contributed by atoms with E-state index < -0.39 is 0 Å². The number of ketones is 1. The third-order valence-corrected chi connectivity index (χ3v) is 3.32. The first-order chi connectivity index (χ1) is 10.1. The Morgan fingerprint density at radius 1 is 1.10 bits per heavy atom. The zero-order valence-corrected chi connectivity index (χ0v) is 12.2. The summed E-state index contributed by atoms with van der Waals surface area (Å²) >= 11 is 6.02. The Morgan fingerprint density at radius 3 is 2.48 bits per heavy atom. The molecule has 4 heteroatoms. The number of carbonyl (C=O) groups excluding carboxylic acids is 1. The lowest BCUT2D eigenvalue weighted by Crippen LogP contribution is -2.14. The average molecular weight is 300 g/mol. The van der Waals surface area contributed by atoms with Crippen LogP contribution in [0.1, 0.15) is 15.9 Å². The first-order valence-corrected chi connectivity index (χ1v) is 6.79. The minimum absolute atomic E-state index is 0.118. The minimum Gasteiger partial charge on any atom is -0.385 e. The van der Waals surface area contributed by atoms with E-state index in [1.54, 1.807) is 43.5 Å². The lowest BCUT2D eigenvalue weighted by molar-refractivity contribution is 0.104. The number of nitrogens with one attached hydrogen (secondary N) is 1. The maximum atomic E-state index is 12.2. The van der Waals surface area contributed by atoms with Crippen LogP contribution in [-0.4, -0.2) is 12.8 Å². The van der Waals surface area contributed by atoms with Crippen LogP contribution in [0.2, 0.25) is 5.02 Å². The molecular weight excluding hydrogens is 286 g/mol. The third kappa shape index (κ3) is 3.58. The van der Waals surface area contributed by atoms with Crippen LogP contribution in [0.15, 0.2) is 59.4 Å². The molecule has 0 bridgehead atoms. The second-order valence-electron chi connectivity index (χ2n) is 4.34. The van der Waals surface area contributed by atoms with Crippen LogP contribution in [-0.2, 0) is 0 Å². The van der Waals surface area contributed by atoms with E-state index in [4.69, 9.17) is 11.6 Å². The maximum absolute atomic E-state index is 12.2. The molecule has 1 N–H and O–H groups in total. The molecule has 0 radical (unpaired) electrons. The molecule has 0 spiro atoms. The summed E-state index contributed by atoms with van der Waals surface area (Å²) in [4.78, 5) is 24.4. The standard InChI is InChI=1S/C17H14ClNO2/c1-19-15-9-5-3-7-13(17(15)21)16(20)11-10-12-6-2-4-8-14(12)18/h2-11H,1H3,(H,19,21). The van der Waals surface area contributed by atoms with Gasteiger partial charge in [0.2, 0.25) is 5.43 Å². The maximum Gasteiger partial charge on any atom is 0.212 e. The normalized spacial score (nSPS) is 10.6. The quantitative estimate of drug-likeness (QED) is 0.692. The van der Waals surface area contributed by atoms with E-state index in [-0.39, 0.29) is 16.8 Å². The molecule has 0 amide bonds. The molecular formula is C17H14ClNO2. The van der Waals surface area contributed by atoms with Gasteiger partial charge in [-0.25, -0.2) is 0 Å². The highest BCUT2D eigenvalue weighted by molar-refractivity contribution is 6.32. The molecule has 21 heavy (non-hydrogen) atoms. The van der Waals surface area contributed by atoms with Gasteiger partial charge in [0.05, 0.1) is 11.3 Å². The van der Waals surface area contributed by atoms with Crippen LogP contribution < -0.4 is 10.7 Å². The number of carbonyl (C=O) groups is 1. The summed E-state index contributed by atoms with van der Waals surface area (Å²) in [6, 6.07) is 13.7. The van der Waals surface area contributed by atoms with Gasteiger partial charge in [-0.05, 0) is 35.9 Å². The highest BCUT2D eigenvalue weighted by atomic mass is 35.5. The van der Waals surface area contributed by atoms with Gasteiger partial charge in [-0.3, -0.25) is 9.59 Å². The number of hydrogen-bond acceptors (Lipinski definition) is 3. The number of halogens is 1. The van der Waals surface area contributed by atoms with Gasteiger partial charge < -0.3 is 5.32 Å². The van der Waals surface area contributed by atoms with Crippen molar-refractivity contribution in [3.05, 3.63) is 81.0 Å². The van der Waals surface area contributed by atoms with Crippen molar-refractivity contribution in [1.29, 1.82) is 0 Å². The second kappa shape index (κ2) is 6.86. The molecule has 0 heterocycles. The molecule has 0 aliphatic rings. The molecule has 0 aromatic heterocycles. The Labute approximate surface area is 127 Å². The van der Waals surface area contributed by atoms with Crippen molar-refractivity contribution < 1.29 is 4.79 Å². The summed E-state index contributed by atoms with van der Waals surface area (Å²) in [6.45, 7) is 0. The van der Waals surface area contributed by atoms with Crippen LogP contribution in [0, 0.1) is 0 Å². The Balaban J connectivity index is 2.37. The largest absolute Gasteiger partial charge is 0.385 e. The Hall–Kier alpha value is -2.39. The van der Waals surface area contributed by atoms with Crippen molar-refractivity contribution >= 4 is 29.1 Å². The molecule has 0 aliphatic heterocycles. The van der Waals surface area contributed by atoms with Crippen molar-refractivity contribution in [2.45, 2.75) is 0 Å². The zero-order chi connectivity index (χ0) is 15.2. The van der Waals surface area contributed by atoms with Gasteiger partial charge in [0.1, 0.15) is 0 Å². The highest BCUT2D eigenvalue weighted by Gasteiger charge is 2.08. The molecule has 0 aliphatic carbocycles. The molecule has 106 valence electrons. The van der Waals surface area contributed by atoms with Gasteiger partial charge in [0.15, 0.2) is 5.78 Å². The van der Waals surface area contributed by atoms with E-state index in [9.17, 15) is 9.59 Å². The van der Waals surface area contributed by atoms with Crippen molar-refractivity contribution in [2.75, 3.05) is 12.4 Å². The van der Waals surface area contributed by atoms with Crippen molar-refractivity contribution in [2.24, 2.45) is 0 Å². The molecule has 0 saturated heterocycles. The first kappa shape index (κ1) is 15.0. The smallest absolute Gasteiger partial charge is 0.212 e. The number of hydrogen-bond donors (Lipinski definition) is 1. The van der Waals surface area contributed by atoms with Gasteiger partial charge >= 0.3 is 0 Å². The fourth-order valence-electron chi connectivity index (χ4n) is 1.86. The van der Waals surface area contributed by atoms with Crippen molar-refractivity contribution in [3.63, 3.8) is 0 Å². The summed E-state index contributed by atoms with van der Waals surface area (Å²) in [5.41, 5.74) is 0.910. The Bertz CT molecular complexity index is 754. The summed E-state index contributed by atoms with van der Waals surface area (Å²) in [5.74, 6) is -0.354. The minimum atomic E-state index is -0.354. The fraction of sp³-hybridized carbons (Fsp3) is 0.0588. The molecule has 0 saturated carbocycles. The molecule has 2 aromatic rings. The Kier molecular flexibility index (Phi) is 4.90. The lowest BCUT2D eigenvalue weighted by atomic mass is 10.1.